The molecule has 0 saturated heterocycles. The first-order chi connectivity index (χ1) is 16.2. The summed E-state index contributed by atoms with van der Waals surface area (Å²) < 4.78 is 46.7. The Morgan fingerprint density at radius 1 is 1.09 bits per heavy atom. The van der Waals surface area contributed by atoms with E-state index >= 15 is 0 Å². The molecule has 3 rings (SSSR count). The number of carbonyl (C=O) groups is 1. The number of amides is 1. The molecule has 0 bridgehead atoms. The number of nitrogens with one attached hydrogen (secondary N) is 1. The van der Waals surface area contributed by atoms with Crippen LogP contribution in [0.2, 0.25) is 5.02 Å². The van der Waals surface area contributed by atoms with E-state index in [-0.39, 0.29) is 22.3 Å². The van der Waals surface area contributed by atoms with E-state index in [1.165, 1.54) is 30.3 Å². The molecule has 1 N–H and O–H groups in total. The maximum Gasteiger partial charge on any atom is 0.243 e. The molecule has 3 aromatic rings. The molecule has 34 heavy (non-hydrogen) atoms. The number of carbonyl (C=O) groups excluding carboxylic acids is 1. The highest BCUT2D eigenvalue weighted by Gasteiger charge is 2.28. The van der Waals surface area contributed by atoms with Crippen LogP contribution < -0.4 is 10.1 Å². The Labute approximate surface area is 204 Å². The Balaban J connectivity index is 1.85. The van der Waals surface area contributed by atoms with Crippen molar-refractivity contribution in [3.8, 4) is 5.75 Å². The van der Waals surface area contributed by atoms with E-state index in [0.29, 0.717) is 17.9 Å². The number of halogens is 2. The number of benzene rings is 3. The molecular formula is C25H26ClFN2O4S. The molecule has 0 aromatic heterocycles. The fourth-order valence-electron chi connectivity index (χ4n) is 3.36. The van der Waals surface area contributed by atoms with Gasteiger partial charge >= 0.3 is 0 Å². The SMILES string of the molecule is CCOc1ccc(S(=O)(=O)N(CC(=O)NC(C)c2ccc(F)cc2)Cc2ccccc2)cc1Cl. The van der Waals surface area contributed by atoms with E-state index in [9.17, 15) is 17.6 Å². The fourth-order valence-corrected chi connectivity index (χ4v) is 5.07. The Kier molecular flexibility index (Phi) is 8.66. The first-order valence-corrected chi connectivity index (χ1v) is 12.5. The lowest BCUT2D eigenvalue weighted by atomic mass is 10.1. The van der Waals surface area contributed by atoms with Crippen molar-refractivity contribution < 1.29 is 22.3 Å². The Morgan fingerprint density at radius 3 is 2.38 bits per heavy atom. The highest BCUT2D eigenvalue weighted by molar-refractivity contribution is 7.89. The molecule has 1 amide bonds. The van der Waals surface area contributed by atoms with Gasteiger partial charge in [0.15, 0.2) is 0 Å². The lowest BCUT2D eigenvalue weighted by molar-refractivity contribution is -0.122. The Hall–Kier alpha value is -2.94. The maximum absolute atomic E-state index is 13.5. The average Bonchev–Trinajstić information content (AvgIpc) is 2.81. The third kappa shape index (κ3) is 6.56. The summed E-state index contributed by atoms with van der Waals surface area (Å²) in [7, 11) is -4.07. The van der Waals surface area contributed by atoms with Crippen LogP contribution in [-0.4, -0.2) is 31.8 Å². The van der Waals surface area contributed by atoms with Crippen molar-refractivity contribution in [2.45, 2.75) is 31.3 Å². The molecular weight excluding hydrogens is 479 g/mol. The summed E-state index contributed by atoms with van der Waals surface area (Å²) in [4.78, 5) is 12.8. The quantitative estimate of drug-likeness (QED) is 0.424. The second kappa shape index (κ2) is 11.5. The predicted molar refractivity (Wildman–Crippen MR) is 130 cm³/mol. The standard InChI is InChI=1S/C25H26ClFN2O4S/c1-3-33-24-14-13-22(15-23(24)26)34(31,32)29(16-19-7-5-4-6-8-19)17-25(30)28-18(2)20-9-11-21(27)12-10-20/h4-15,18H,3,16-17H2,1-2H3,(H,28,30). The van der Waals surface area contributed by atoms with Crippen LogP contribution in [-0.2, 0) is 21.4 Å². The van der Waals surface area contributed by atoms with Crippen LogP contribution in [0.3, 0.4) is 0 Å². The summed E-state index contributed by atoms with van der Waals surface area (Å²) in [5.41, 5.74) is 1.42. The van der Waals surface area contributed by atoms with Gasteiger partial charge in [0.1, 0.15) is 11.6 Å². The molecule has 9 heteroatoms. The van der Waals surface area contributed by atoms with Crippen molar-refractivity contribution in [3.05, 3.63) is 94.8 Å². The van der Waals surface area contributed by atoms with Gasteiger partial charge in [-0.05, 0) is 55.3 Å². The van der Waals surface area contributed by atoms with E-state index in [1.54, 1.807) is 50.2 Å². The molecule has 3 aromatic carbocycles. The lowest BCUT2D eigenvalue weighted by Gasteiger charge is -2.23. The highest BCUT2D eigenvalue weighted by atomic mass is 35.5. The molecule has 6 nitrogen and oxygen atoms in total. The summed E-state index contributed by atoms with van der Waals surface area (Å²) in [6, 6.07) is 18.5. The topological polar surface area (TPSA) is 75.7 Å². The molecule has 0 aliphatic rings. The second-order valence-electron chi connectivity index (χ2n) is 7.62. The van der Waals surface area contributed by atoms with Gasteiger partial charge in [0.2, 0.25) is 15.9 Å². The van der Waals surface area contributed by atoms with Crippen molar-refractivity contribution in [2.75, 3.05) is 13.2 Å². The summed E-state index contributed by atoms with van der Waals surface area (Å²) in [5, 5.41) is 2.94. The first-order valence-electron chi connectivity index (χ1n) is 10.7. The molecule has 180 valence electrons. The van der Waals surface area contributed by atoms with Crippen LogP contribution in [0, 0.1) is 5.82 Å². The zero-order valence-electron chi connectivity index (χ0n) is 18.9. The molecule has 0 aliphatic carbocycles. The van der Waals surface area contributed by atoms with Gasteiger partial charge in [-0.2, -0.15) is 4.31 Å². The number of nitrogens with zero attached hydrogens (tertiary/aromatic N) is 1. The number of rotatable bonds is 10. The van der Waals surface area contributed by atoms with E-state index in [1.807, 2.05) is 6.07 Å². The van der Waals surface area contributed by atoms with Gasteiger partial charge in [0.25, 0.3) is 0 Å². The van der Waals surface area contributed by atoms with Gasteiger partial charge in [0.05, 0.1) is 29.1 Å². The van der Waals surface area contributed by atoms with E-state index in [2.05, 4.69) is 5.32 Å². The third-order valence-corrected chi connectivity index (χ3v) is 7.19. The maximum atomic E-state index is 13.5. The molecule has 0 heterocycles. The van der Waals surface area contributed by atoms with Crippen molar-refractivity contribution in [1.29, 1.82) is 0 Å². The predicted octanol–water partition coefficient (Wildman–Crippen LogP) is 4.95. The van der Waals surface area contributed by atoms with E-state index < -0.39 is 28.5 Å². The van der Waals surface area contributed by atoms with Gasteiger partial charge < -0.3 is 10.1 Å². The Morgan fingerprint density at radius 2 is 1.76 bits per heavy atom. The molecule has 0 fully saturated rings. The van der Waals surface area contributed by atoms with Gasteiger partial charge in [-0.1, -0.05) is 54.1 Å². The third-order valence-electron chi connectivity index (χ3n) is 5.11. The lowest BCUT2D eigenvalue weighted by Crippen LogP contribution is -2.41. The number of hydrogen-bond acceptors (Lipinski definition) is 4. The van der Waals surface area contributed by atoms with Gasteiger partial charge in [-0.25, -0.2) is 12.8 Å². The average molecular weight is 505 g/mol. The monoisotopic (exact) mass is 504 g/mol. The van der Waals surface area contributed by atoms with Crippen LogP contribution >= 0.6 is 11.6 Å². The molecule has 1 unspecified atom stereocenters. The van der Waals surface area contributed by atoms with Gasteiger partial charge in [-0.3, -0.25) is 4.79 Å². The summed E-state index contributed by atoms with van der Waals surface area (Å²) in [6.07, 6.45) is 0. The van der Waals surface area contributed by atoms with E-state index in [4.69, 9.17) is 16.3 Å². The number of ether oxygens (including phenoxy) is 1. The summed E-state index contributed by atoms with van der Waals surface area (Å²) in [6.45, 7) is 3.51. The van der Waals surface area contributed by atoms with Crippen molar-refractivity contribution in [1.82, 2.24) is 9.62 Å². The van der Waals surface area contributed by atoms with Crippen LogP contribution in [0.1, 0.15) is 31.0 Å². The normalized spacial score (nSPS) is 12.4. The molecule has 0 aliphatic heterocycles. The number of hydrogen-bond donors (Lipinski definition) is 1. The van der Waals surface area contributed by atoms with Gasteiger partial charge in [0, 0.05) is 6.54 Å². The van der Waals surface area contributed by atoms with Crippen molar-refractivity contribution in [3.63, 3.8) is 0 Å². The van der Waals surface area contributed by atoms with Crippen LogP contribution in [0.25, 0.3) is 0 Å². The summed E-state index contributed by atoms with van der Waals surface area (Å²) in [5.74, 6) is -0.492. The molecule has 0 spiro atoms. The minimum atomic E-state index is -4.07. The zero-order valence-corrected chi connectivity index (χ0v) is 20.4. The van der Waals surface area contributed by atoms with Crippen LogP contribution in [0.5, 0.6) is 5.75 Å². The largest absolute Gasteiger partial charge is 0.492 e. The fraction of sp³-hybridized carbons (Fsp3) is 0.240. The smallest absolute Gasteiger partial charge is 0.243 e. The van der Waals surface area contributed by atoms with Crippen LogP contribution in [0.15, 0.2) is 77.7 Å². The van der Waals surface area contributed by atoms with Gasteiger partial charge in [-0.15, -0.1) is 0 Å². The molecule has 0 saturated carbocycles. The summed E-state index contributed by atoms with van der Waals surface area (Å²) >= 11 is 6.22. The van der Waals surface area contributed by atoms with E-state index in [0.717, 1.165) is 9.87 Å². The molecule has 1 atom stereocenters. The minimum Gasteiger partial charge on any atom is -0.492 e. The highest BCUT2D eigenvalue weighted by Crippen LogP contribution is 2.29. The van der Waals surface area contributed by atoms with Crippen LogP contribution in [0.4, 0.5) is 4.39 Å². The van der Waals surface area contributed by atoms with Crippen molar-refractivity contribution in [2.24, 2.45) is 0 Å². The molecule has 0 radical (unpaired) electrons. The first kappa shape index (κ1) is 25.7. The number of sulfonamides is 1. The Bertz CT molecular complexity index is 1220. The second-order valence-corrected chi connectivity index (χ2v) is 9.97. The minimum absolute atomic E-state index is 0.00759. The van der Waals surface area contributed by atoms with Crippen molar-refractivity contribution >= 4 is 27.5 Å². The zero-order chi connectivity index (χ0) is 24.7.